The van der Waals surface area contributed by atoms with E-state index in [2.05, 4.69) is 26.0 Å². The summed E-state index contributed by atoms with van der Waals surface area (Å²) in [5.74, 6) is 0.956. The van der Waals surface area contributed by atoms with Crippen LogP contribution >= 0.6 is 0 Å². The summed E-state index contributed by atoms with van der Waals surface area (Å²) in [5, 5.41) is 0.684. The Bertz CT molecular complexity index is 759. The summed E-state index contributed by atoms with van der Waals surface area (Å²) in [7, 11) is 0. The average Bonchev–Trinajstić information content (AvgIpc) is 2.45. The molecule has 0 radical (unpaired) electrons. The lowest BCUT2D eigenvalue weighted by atomic mass is 9.86. The fraction of sp³-hybridized carbons (Fsp3) is 0.278. The predicted octanol–water partition coefficient (Wildman–Crippen LogP) is 4.65. The van der Waals surface area contributed by atoms with Crippen LogP contribution in [0.4, 0.5) is 0 Å². The Hall–Kier alpha value is -2.09. The lowest BCUT2D eigenvalue weighted by molar-refractivity contribution is 0.555. The predicted molar refractivity (Wildman–Crippen MR) is 82.9 cm³/mol. The van der Waals surface area contributed by atoms with Crippen LogP contribution in [0.1, 0.15) is 43.9 Å². The molecule has 0 saturated carbocycles. The maximum absolute atomic E-state index is 12.7. The molecule has 0 N–H and O–H groups in total. The maximum Gasteiger partial charge on any atom is 0.196 e. The van der Waals surface area contributed by atoms with Crippen molar-refractivity contribution in [3.63, 3.8) is 0 Å². The van der Waals surface area contributed by atoms with E-state index in [4.69, 9.17) is 4.42 Å². The van der Waals surface area contributed by atoms with Gasteiger partial charge in [0, 0.05) is 5.56 Å². The van der Waals surface area contributed by atoms with Gasteiger partial charge < -0.3 is 4.42 Å². The van der Waals surface area contributed by atoms with Gasteiger partial charge in [-0.2, -0.15) is 0 Å². The third-order valence-electron chi connectivity index (χ3n) is 3.77. The number of para-hydroxylation sites is 1. The quantitative estimate of drug-likeness (QED) is 0.741. The van der Waals surface area contributed by atoms with Crippen molar-refractivity contribution in [1.29, 1.82) is 0 Å². The van der Waals surface area contributed by atoms with Crippen LogP contribution in [-0.2, 0) is 0 Å². The van der Waals surface area contributed by atoms with Crippen molar-refractivity contribution in [3.05, 3.63) is 63.5 Å². The summed E-state index contributed by atoms with van der Waals surface area (Å²) in [6.07, 6.45) is 8.02. The molecular formula is C18H18O2. The van der Waals surface area contributed by atoms with Crippen LogP contribution in [0.15, 0.2) is 51.2 Å². The van der Waals surface area contributed by atoms with Gasteiger partial charge in [-0.15, -0.1) is 0 Å². The van der Waals surface area contributed by atoms with Crippen LogP contribution < -0.4 is 5.43 Å². The van der Waals surface area contributed by atoms with E-state index in [-0.39, 0.29) is 11.3 Å². The van der Waals surface area contributed by atoms with Crippen molar-refractivity contribution < 1.29 is 4.42 Å². The first kappa shape index (κ1) is 12.9. The van der Waals surface area contributed by atoms with Gasteiger partial charge >= 0.3 is 0 Å². The molecule has 1 aliphatic rings. The van der Waals surface area contributed by atoms with Crippen molar-refractivity contribution in [2.24, 2.45) is 0 Å². The van der Waals surface area contributed by atoms with Crippen molar-refractivity contribution in [3.8, 4) is 0 Å². The fourth-order valence-electron chi connectivity index (χ4n) is 2.73. The van der Waals surface area contributed by atoms with Crippen LogP contribution in [0.2, 0.25) is 0 Å². The van der Waals surface area contributed by atoms with Crippen LogP contribution in [0.25, 0.3) is 17.0 Å². The normalized spacial score (nSPS) is 17.0. The number of hydrogen-bond acceptors (Lipinski definition) is 2. The van der Waals surface area contributed by atoms with E-state index in [0.717, 1.165) is 24.2 Å². The second kappa shape index (κ2) is 5.12. The molecule has 0 amide bonds. The molecule has 0 spiro atoms. The van der Waals surface area contributed by atoms with Crippen molar-refractivity contribution >= 4 is 17.0 Å². The lowest BCUT2D eigenvalue weighted by Crippen LogP contribution is -2.17. The molecule has 2 heteroatoms. The first-order valence-corrected chi connectivity index (χ1v) is 7.02. The Morgan fingerprint density at radius 3 is 2.95 bits per heavy atom. The number of hydrogen-bond donors (Lipinski definition) is 0. The standard InChI is InChI=1S/C18H18O2/c1-12(2)10-11-13-6-5-9-16-17(13)18(19)14-7-3-4-8-15(14)20-16/h3-5,7-10,13H,6,11H2,1-2H3. The summed E-state index contributed by atoms with van der Waals surface area (Å²) in [5.41, 5.74) is 2.91. The number of rotatable bonds is 2. The molecule has 20 heavy (non-hydrogen) atoms. The molecule has 102 valence electrons. The van der Waals surface area contributed by atoms with Gasteiger partial charge in [-0.1, -0.05) is 29.9 Å². The molecule has 2 aromatic rings. The van der Waals surface area contributed by atoms with Gasteiger partial charge in [0.05, 0.1) is 5.39 Å². The monoisotopic (exact) mass is 266 g/mol. The van der Waals surface area contributed by atoms with E-state index in [9.17, 15) is 4.79 Å². The molecule has 0 saturated heterocycles. The van der Waals surface area contributed by atoms with E-state index in [1.54, 1.807) is 0 Å². The minimum Gasteiger partial charge on any atom is -0.456 e. The molecule has 1 aliphatic carbocycles. The molecule has 1 aromatic carbocycles. The zero-order valence-corrected chi connectivity index (χ0v) is 11.8. The molecule has 1 unspecified atom stereocenters. The van der Waals surface area contributed by atoms with Crippen molar-refractivity contribution in [1.82, 2.24) is 0 Å². The van der Waals surface area contributed by atoms with Gasteiger partial charge in [-0.25, -0.2) is 0 Å². The number of benzene rings is 1. The smallest absolute Gasteiger partial charge is 0.196 e. The van der Waals surface area contributed by atoms with Gasteiger partial charge in [0.1, 0.15) is 11.3 Å². The van der Waals surface area contributed by atoms with E-state index < -0.39 is 0 Å². The Morgan fingerprint density at radius 1 is 1.35 bits per heavy atom. The van der Waals surface area contributed by atoms with Gasteiger partial charge in [0.15, 0.2) is 5.43 Å². The van der Waals surface area contributed by atoms with Crippen LogP contribution in [0.5, 0.6) is 0 Å². The highest BCUT2D eigenvalue weighted by molar-refractivity contribution is 5.78. The highest BCUT2D eigenvalue weighted by Crippen LogP contribution is 2.32. The first-order chi connectivity index (χ1) is 9.66. The number of fused-ring (bicyclic) bond motifs is 2. The summed E-state index contributed by atoms with van der Waals surface area (Å²) in [6, 6.07) is 7.47. The lowest BCUT2D eigenvalue weighted by Gasteiger charge is -2.19. The summed E-state index contributed by atoms with van der Waals surface area (Å²) < 4.78 is 5.89. The van der Waals surface area contributed by atoms with Gasteiger partial charge in [-0.3, -0.25) is 4.79 Å². The summed E-state index contributed by atoms with van der Waals surface area (Å²) >= 11 is 0. The first-order valence-electron chi connectivity index (χ1n) is 7.02. The van der Waals surface area contributed by atoms with Crippen LogP contribution in [0, 0.1) is 0 Å². The fourth-order valence-corrected chi connectivity index (χ4v) is 2.73. The topological polar surface area (TPSA) is 30.2 Å². The van der Waals surface area contributed by atoms with E-state index >= 15 is 0 Å². The molecule has 0 bridgehead atoms. The SMILES string of the molecule is CC(C)=CCC1CC=Cc2oc3ccccc3c(=O)c21. The third kappa shape index (κ3) is 2.22. The molecule has 1 atom stereocenters. The minimum atomic E-state index is 0.123. The average molecular weight is 266 g/mol. The molecule has 0 aliphatic heterocycles. The van der Waals surface area contributed by atoms with Gasteiger partial charge in [0.25, 0.3) is 0 Å². The van der Waals surface area contributed by atoms with E-state index in [0.29, 0.717) is 11.0 Å². The van der Waals surface area contributed by atoms with E-state index in [1.807, 2.05) is 30.3 Å². The Kier molecular flexibility index (Phi) is 3.31. The van der Waals surface area contributed by atoms with Crippen LogP contribution in [0.3, 0.4) is 0 Å². The van der Waals surface area contributed by atoms with Crippen molar-refractivity contribution in [2.75, 3.05) is 0 Å². The largest absolute Gasteiger partial charge is 0.456 e. The zero-order chi connectivity index (χ0) is 14.1. The minimum absolute atomic E-state index is 0.123. The second-order valence-corrected chi connectivity index (χ2v) is 5.56. The molecule has 2 nitrogen and oxygen atoms in total. The molecule has 1 heterocycles. The Labute approximate surface area is 118 Å². The molecular weight excluding hydrogens is 248 g/mol. The maximum atomic E-state index is 12.7. The summed E-state index contributed by atoms with van der Waals surface area (Å²) in [6.45, 7) is 4.17. The third-order valence-corrected chi connectivity index (χ3v) is 3.77. The highest BCUT2D eigenvalue weighted by atomic mass is 16.3. The van der Waals surface area contributed by atoms with E-state index in [1.165, 1.54) is 5.57 Å². The molecule has 0 fully saturated rings. The Morgan fingerprint density at radius 2 is 2.15 bits per heavy atom. The molecule has 1 aromatic heterocycles. The Balaban J connectivity index is 2.18. The van der Waals surface area contributed by atoms with Crippen molar-refractivity contribution in [2.45, 2.75) is 32.6 Å². The summed E-state index contributed by atoms with van der Waals surface area (Å²) in [4.78, 5) is 12.7. The highest BCUT2D eigenvalue weighted by Gasteiger charge is 2.22. The number of allylic oxidation sites excluding steroid dienone is 3. The molecule has 3 rings (SSSR count). The van der Waals surface area contributed by atoms with Crippen LogP contribution in [-0.4, -0.2) is 0 Å². The van der Waals surface area contributed by atoms with Gasteiger partial charge in [-0.05, 0) is 50.8 Å². The van der Waals surface area contributed by atoms with Gasteiger partial charge in [0.2, 0.25) is 0 Å². The zero-order valence-electron chi connectivity index (χ0n) is 11.8. The second-order valence-electron chi connectivity index (χ2n) is 5.56.